The number of rotatable bonds is 4. The Balaban J connectivity index is 2.25. The second kappa shape index (κ2) is 5.52. The molecule has 2 N–H and O–H groups in total. The van der Waals surface area contributed by atoms with Crippen molar-refractivity contribution < 1.29 is 13.5 Å². The molecular weight excluding hydrogens is 276 g/mol. The van der Waals surface area contributed by atoms with Crippen molar-refractivity contribution in [1.82, 2.24) is 9.71 Å². The summed E-state index contributed by atoms with van der Waals surface area (Å²) in [5.74, 6) is 5.51. The molecule has 1 heterocycles. The van der Waals surface area contributed by atoms with Gasteiger partial charge < -0.3 is 5.11 Å². The molecule has 1 fully saturated rings. The van der Waals surface area contributed by atoms with Gasteiger partial charge in [-0.2, -0.15) is 0 Å². The molecule has 0 aliphatic heterocycles. The van der Waals surface area contributed by atoms with E-state index in [0.29, 0.717) is 11.5 Å². The predicted molar refractivity (Wildman–Crippen MR) is 75.3 cm³/mol. The highest BCUT2D eigenvalue weighted by Crippen LogP contribution is 2.39. The van der Waals surface area contributed by atoms with Crippen LogP contribution in [0.3, 0.4) is 0 Å². The number of pyridine rings is 1. The predicted octanol–water partition coefficient (Wildman–Crippen LogP) is 0.892. The normalized spacial score (nSPS) is 15.6. The van der Waals surface area contributed by atoms with Gasteiger partial charge in [-0.3, -0.25) is 4.98 Å². The standard InChI is InChI=1S/C14H18N2O3S/c1-14(2,12-5-6-12)16-20(18,19)13-8-11(4-3-7-17)9-15-10-13/h8-10,12,16-17H,5-7H2,1-2H3. The molecule has 1 aromatic rings. The summed E-state index contributed by atoms with van der Waals surface area (Å²) in [4.78, 5) is 3.98. The summed E-state index contributed by atoms with van der Waals surface area (Å²) < 4.78 is 27.4. The van der Waals surface area contributed by atoms with E-state index in [4.69, 9.17) is 5.11 Å². The summed E-state index contributed by atoms with van der Waals surface area (Å²) in [5, 5.41) is 8.65. The van der Waals surface area contributed by atoms with Gasteiger partial charge in [0, 0.05) is 23.5 Å². The Morgan fingerprint density at radius 2 is 2.15 bits per heavy atom. The van der Waals surface area contributed by atoms with Crippen LogP contribution in [0, 0.1) is 17.8 Å². The van der Waals surface area contributed by atoms with E-state index < -0.39 is 15.6 Å². The van der Waals surface area contributed by atoms with Crippen LogP contribution in [0.4, 0.5) is 0 Å². The Kier molecular flexibility index (Phi) is 4.14. The first kappa shape index (κ1) is 15.0. The van der Waals surface area contributed by atoms with Gasteiger partial charge in [-0.05, 0) is 38.7 Å². The SMILES string of the molecule is CC(C)(NS(=O)(=O)c1cncc(C#CCO)c1)C1CC1. The lowest BCUT2D eigenvalue weighted by molar-refractivity contribution is 0.350. The van der Waals surface area contributed by atoms with Gasteiger partial charge in [-0.25, -0.2) is 13.1 Å². The molecule has 0 saturated heterocycles. The zero-order valence-electron chi connectivity index (χ0n) is 11.5. The van der Waals surface area contributed by atoms with E-state index in [1.807, 2.05) is 13.8 Å². The zero-order valence-corrected chi connectivity index (χ0v) is 12.4. The minimum absolute atomic E-state index is 0.0935. The Bertz CT molecular complexity index is 652. The van der Waals surface area contributed by atoms with Crippen molar-refractivity contribution >= 4 is 10.0 Å². The van der Waals surface area contributed by atoms with Crippen molar-refractivity contribution in [1.29, 1.82) is 0 Å². The van der Waals surface area contributed by atoms with Crippen LogP contribution < -0.4 is 4.72 Å². The maximum absolute atomic E-state index is 12.4. The van der Waals surface area contributed by atoms with Crippen LogP contribution in [0.25, 0.3) is 0 Å². The first-order valence-electron chi connectivity index (χ1n) is 6.44. The average Bonchev–Trinajstić information content (AvgIpc) is 3.20. The number of nitrogens with one attached hydrogen (secondary N) is 1. The maximum atomic E-state index is 12.4. The van der Waals surface area contributed by atoms with Gasteiger partial charge in [-0.15, -0.1) is 0 Å². The number of hydrogen-bond acceptors (Lipinski definition) is 4. The minimum Gasteiger partial charge on any atom is -0.384 e. The number of aromatic nitrogens is 1. The molecule has 108 valence electrons. The van der Waals surface area contributed by atoms with E-state index in [1.165, 1.54) is 18.5 Å². The van der Waals surface area contributed by atoms with Crippen LogP contribution in [0.1, 0.15) is 32.3 Å². The highest BCUT2D eigenvalue weighted by atomic mass is 32.2. The summed E-state index contributed by atoms with van der Waals surface area (Å²) in [6.45, 7) is 3.51. The van der Waals surface area contributed by atoms with E-state index in [2.05, 4.69) is 21.5 Å². The molecule has 2 rings (SSSR count). The van der Waals surface area contributed by atoms with Crippen LogP contribution in [0.2, 0.25) is 0 Å². The van der Waals surface area contributed by atoms with Crippen LogP contribution in [-0.4, -0.2) is 30.7 Å². The molecule has 0 aromatic carbocycles. The fourth-order valence-electron chi connectivity index (χ4n) is 2.07. The molecule has 0 radical (unpaired) electrons. The molecule has 1 aliphatic rings. The highest BCUT2D eigenvalue weighted by Gasteiger charge is 2.40. The van der Waals surface area contributed by atoms with E-state index in [9.17, 15) is 8.42 Å². The topological polar surface area (TPSA) is 79.3 Å². The van der Waals surface area contributed by atoms with Crippen molar-refractivity contribution in [3.8, 4) is 11.8 Å². The van der Waals surface area contributed by atoms with Gasteiger partial charge in [0.2, 0.25) is 10.0 Å². The van der Waals surface area contributed by atoms with Gasteiger partial charge in [0.25, 0.3) is 0 Å². The minimum atomic E-state index is -3.61. The first-order chi connectivity index (χ1) is 9.35. The lowest BCUT2D eigenvalue weighted by Gasteiger charge is -2.25. The summed E-state index contributed by atoms with van der Waals surface area (Å²) in [6.07, 6.45) is 4.87. The molecule has 0 unspecified atom stereocenters. The molecule has 0 bridgehead atoms. The monoisotopic (exact) mass is 294 g/mol. The number of sulfonamides is 1. The number of nitrogens with zero attached hydrogens (tertiary/aromatic N) is 1. The quantitative estimate of drug-likeness (QED) is 0.808. The van der Waals surface area contributed by atoms with Gasteiger partial charge in [-0.1, -0.05) is 11.8 Å². The lowest BCUT2D eigenvalue weighted by atomic mass is 10.0. The average molecular weight is 294 g/mol. The first-order valence-corrected chi connectivity index (χ1v) is 7.92. The molecule has 0 amide bonds. The van der Waals surface area contributed by atoms with Crippen molar-refractivity contribution in [3.63, 3.8) is 0 Å². The maximum Gasteiger partial charge on any atom is 0.242 e. The number of aliphatic hydroxyl groups is 1. The second-order valence-electron chi connectivity index (χ2n) is 5.47. The zero-order chi connectivity index (χ0) is 14.8. The Labute approximate surface area is 119 Å². The summed E-state index contributed by atoms with van der Waals surface area (Å²) in [5.41, 5.74) is 0.0113. The van der Waals surface area contributed by atoms with Crippen LogP contribution in [0.5, 0.6) is 0 Å². The molecule has 1 aliphatic carbocycles. The van der Waals surface area contributed by atoms with Crippen LogP contribution in [-0.2, 0) is 10.0 Å². The smallest absolute Gasteiger partial charge is 0.242 e. The van der Waals surface area contributed by atoms with Gasteiger partial charge in [0.15, 0.2) is 0 Å². The van der Waals surface area contributed by atoms with E-state index in [-0.39, 0.29) is 11.5 Å². The van der Waals surface area contributed by atoms with Crippen LogP contribution in [0.15, 0.2) is 23.4 Å². The Hall–Kier alpha value is -1.42. The van der Waals surface area contributed by atoms with E-state index >= 15 is 0 Å². The third kappa shape index (κ3) is 3.57. The highest BCUT2D eigenvalue weighted by molar-refractivity contribution is 7.89. The van der Waals surface area contributed by atoms with E-state index in [1.54, 1.807) is 0 Å². The fourth-order valence-corrected chi connectivity index (χ4v) is 3.53. The van der Waals surface area contributed by atoms with E-state index in [0.717, 1.165) is 12.8 Å². The molecule has 5 nitrogen and oxygen atoms in total. The third-order valence-electron chi connectivity index (χ3n) is 3.33. The molecule has 20 heavy (non-hydrogen) atoms. The van der Waals surface area contributed by atoms with Crippen molar-refractivity contribution in [2.45, 2.75) is 37.1 Å². The lowest BCUT2D eigenvalue weighted by Crippen LogP contribution is -2.45. The summed E-state index contributed by atoms with van der Waals surface area (Å²) in [7, 11) is -3.61. The van der Waals surface area contributed by atoms with Crippen molar-refractivity contribution in [2.24, 2.45) is 5.92 Å². The Morgan fingerprint density at radius 3 is 2.75 bits per heavy atom. The number of aliphatic hydroxyl groups excluding tert-OH is 1. The van der Waals surface area contributed by atoms with Crippen LogP contribution >= 0.6 is 0 Å². The van der Waals surface area contributed by atoms with Gasteiger partial charge in [0.1, 0.15) is 11.5 Å². The van der Waals surface area contributed by atoms with Crippen molar-refractivity contribution in [2.75, 3.05) is 6.61 Å². The fraction of sp³-hybridized carbons (Fsp3) is 0.500. The Morgan fingerprint density at radius 1 is 1.45 bits per heavy atom. The molecule has 1 aromatic heterocycles. The molecule has 0 atom stereocenters. The third-order valence-corrected chi connectivity index (χ3v) is 4.97. The largest absolute Gasteiger partial charge is 0.384 e. The second-order valence-corrected chi connectivity index (χ2v) is 7.15. The summed E-state index contributed by atoms with van der Waals surface area (Å²) in [6, 6.07) is 1.46. The molecule has 6 heteroatoms. The molecule has 0 spiro atoms. The van der Waals surface area contributed by atoms with Gasteiger partial charge >= 0.3 is 0 Å². The summed E-state index contributed by atoms with van der Waals surface area (Å²) >= 11 is 0. The number of hydrogen-bond donors (Lipinski definition) is 2. The van der Waals surface area contributed by atoms with Gasteiger partial charge in [0.05, 0.1) is 0 Å². The molecule has 1 saturated carbocycles. The molecular formula is C14H18N2O3S. The van der Waals surface area contributed by atoms with Crippen molar-refractivity contribution in [3.05, 3.63) is 24.0 Å².